The smallest absolute Gasteiger partial charge is 0.283 e. The molecule has 1 unspecified atom stereocenters. The Morgan fingerprint density at radius 3 is 2.19 bits per heavy atom. The van der Waals surface area contributed by atoms with Crippen molar-refractivity contribution in [2.24, 2.45) is 5.10 Å². The van der Waals surface area contributed by atoms with E-state index in [9.17, 15) is 4.79 Å². The quantitative estimate of drug-likeness (QED) is 0.385. The van der Waals surface area contributed by atoms with Crippen molar-refractivity contribution in [2.45, 2.75) is 9.96 Å². The molecule has 0 aliphatic carbocycles. The first-order chi connectivity index (χ1) is 12.4. The molecule has 0 bridgehead atoms. The van der Waals surface area contributed by atoms with Crippen LogP contribution in [0.4, 0.5) is 0 Å². The van der Waals surface area contributed by atoms with E-state index in [0.29, 0.717) is 0 Å². The number of benzene rings is 2. The zero-order valence-corrected chi connectivity index (χ0v) is 15.9. The molecule has 2 aromatic carbocycles. The molecule has 1 heterocycles. The zero-order chi connectivity index (χ0) is 18.6. The van der Waals surface area contributed by atoms with E-state index in [-0.39, 0.29) is 5.78 Å². The number of rotatable bonds is 4. The molecular weight excluding hydrogens is 391 g/mol. The van der Waals surface area contributed by atoms with E-state index in [1.807, 2.05) is 72.8 Å². The average Bonchev–Trinajstić information content (AvgIpc) is 3.00. The molecule has 1 aliphatic rings. The number of hydrogen-bond donors (Lipinski definition) is 0. The summed E-state index contributed by atoms with van der Waals surface area (Å²) in [6, 6.07) is 17.2. The monoisotopic (exact) mass is 404 g/mol. The summed E-state index contributed by atoms with van der Waals surface area (Å²) in [4.78, 5) is 11.9. The average molecular weight is 406 g/mol. The van der Waals surface area contributed by atoms with Crippen LogP contribution in [0.2, 0.25) is 0 Å². The largest absolute Gasteiger partial charge is 0.290 e. The molecule has 1 aliphatic heterocycles. The third-order valence-corrected chi connectivity index (χ3v) is 4.29. The topological polar surface area (TPSA) is 32.7 Å². The predicted molar refractivity (Wildman–Crippen MR) is 110 cm³/mol. The number of carbonyl (C=O) groups excluding carboxylic acids is 1. The van der Waals surface area contributed by atoms with Gasteiger partial charge < -0.3 is 0 Å². The summed E-state index contributed by atoms with van der Waals surface area (Å²) in [5.41, 5.74) is 3.10. The third kappa shape index (κ3) is 4.76. The van der Waals surface area contributed by atoms with E-state index in [1.165, 1.54) is 0 Å². The summed E-state index contributed by atoms with van der Waals surface area (Å²) >= 11 is 17.6. The van der Waals surface area contributed by atoms with Crippen molar-refractivity contribution in [3.8, 4) is 0 Å². The summed E-state index contributed by atoms with van der Waals surface area (Å²) in [7, 11) is 0. The Labute approximate surface area is 167 Å². The number of ketones is 1. The van der Waals surface area contributed by atoms with Gasteiger partial charge in [-0.25, -0.2) is 5.01 Å². The molecule has 0 saturated carbocycles. The first-order valence-electron chi connectivity index (χ1n) is 7.89. The van der Waals surface area contributed by atoms with Crippen molar-refractivity contribution in [3.05, 3.63) is 77.4 Å². The number of halogens is 3. The molecule has 26 heavy (non-hydrogen) atoms. The predicted octanol–water partition coefficient (Wildman–Crippen LogP) is 5.44. The van der Waals surface area contributed by atoms with Gasteiger partial charge in [0.1, 0.15) is 6.04 Å². The van der Waals surface area contributed by atoms with Crippen LogP contribution in [-0.2, 0) is 4.79 Å². The van der Waals surface area contributed by atoms with Crippen LogP contribution in [0.3, 0.4) is 0 Å². The molecule has 1 atom stereocenters. The highest BCUT2D eigenvalue weighted by atomic mass is 35.6. The van der Waals surface area contributed by atoms with Crippen LogP contribution in [0, 0.1) is 0 Å². The Morgan fingerprint density at radius 1 is 0.885 bits per heavy atom. The van der Waals surface area contributed by atoms with Gasteiger partial charge in [-0.3, -0.25) is 4.79 Å². The van der Waals surface area contributed by atoms with Crippen molar-refractivity contribution < 1.29 is 4.79 Å². The highest BCUT2D eigenvalue weighted by Gasteiger charge is 2.39. The molecule has 132 valence electrons. The lowest BCUT2D eigenvalue weighted by molar-refractivity contribution is -0.114. The van der Waals surface area contributed by atoms with Crippen LogP contribution in [0.25, 0.3) is 18.2 Å². The fourth-order valence-electron chi connectivity index (χ4n) is 2.51. The minimum Gasteiger partial charge on any atom is -0.290 e. The lowest BCUT2D eigenvalue weighted by atomic mass is 10.1. The maximum atomic E-state index is 11.9. The van der Waals surface area contributed by atoms with E-state index in [0.717, 1.165) is 27.9 Å². The van der Waals surface area contributed by atoms with Gasteiger partial charge in [-0.1, -0.05) is 108 Å². The Hall–Kier alpha value is -2.07. The highest BCUT2D eigenvalue weighted by Crippen LogP contribution is 2.35. The normalized spacial score (nSPS) is 17.7. The van der Waals surface area contributed by atoms with Gasteiger partial charge in [0.2, 0.25) is 5.78 Å². The van der Waals surface area contributed by atoms with Crippen molar-refractivity contribution in [3.63, 3.8) is 0 Å². The number of alkyl halides is 3. The summed E-state index contributed by atoms with van der Waals surface area (Å²) in [6.45, 7) is 0. The van der Waals surface area contributed by atoms with E-state index < -0.39 is 9.96 Å². The number of hydrogen-bond acceptors (Lipinski definition) is 3. The summed E-state index contributed by atoms with van der Waals surface area (Å²) in [6.07, 6.45) is 8.74. The first kappa shape index (κ1) is 18.7. The molecular formula is C20H15Cl3N2O. The van der Waals surface area contributed by atoms with Crippen LogP contribution in [0.1, 0.15) is 16.7 Å². The second-order valence-electron chi connectivity index (χ2n) is 5.68. The number of Topliss-reactive ketones (excluding diaryl/α,β-unsaturated/α-hetero) is 1. The Bertz CT molecular complexity index is 870. The number of hydrazone groups is 1. The van der Waals surface area contributed by atoms with E-state index >= 15 is 0 Å². The Kier molecular flexibility index (Phi) is 5.82. The van der Waals surface area contributed by atoms with Gasteiger partial charge in [0.05, 0.1) is 6.21 Å². The molecule has 0 N–H and O–H groups in total. The fourth-order valence-corrected chi connectivity index (χ4v) is 2.96. The molecule has 6 heteroatoms. The second kappa shape index (κ2) is 8.09. The molecule has 2 aromatic rings. The van der Waals surface area contributed by atoms with Gasteiger partial charge in [-0.2, -0.15) is 5.10 Å². The summed E-state index contributed by atoms with van der Waals surface area (Å²) in [5, 5.41) is 5.01. The van der Waals surface area contributed by atoms with Crippen LogP contribution >= 0.6 is 34.8 Å². The molecule has 0 saturated heterocycles. The highest BCUT2D eigenvalue weighted by molar-refractivity contribution is 6.67. The number of carbonyl (C=O) groups is 1. The maximum absolute atomic E-state index is 11.9. The minimum absolute atomic E-state index is 0.229. The fraction of sp³-hybridized carbons (Fsp3) is 0.100. The number of nitrogens with zero attached hydrogens (tertiary/aromatic N) is 2. The van der Waals surface area contributed by atoms with Crippen LogP contribution < -0.4 is 0 Å². The second-order valence-corrected chi connectivity index (χ2v) is 7.90. The minimum atomic E-state index is -1.78. The third-order valence-electron chi connectivity index (χ3n) is 3.77. The van der Waals surface area contributed by atoms with Gasteiger partial charge in [0, 0.05) is 0 Å². The van der Waals surface area contributed by atoms with E-state index in [2.05, 4.69) is 5.10 Å². The molecule has 0 spiro atoms. The zero-order valence-electron chi connectivity index (χ0n) is 13.6. The van der Waals surface area contributed by atoms with Gasteiger partial charge in [-0.05, 0) is 22.8 Å². The summed E-state index contributed by atoms with van der Waals surface area (Å²) in [5.74, 6) is -0.229. The molecule has 0 amide bonds. The molecule has 0 radical (unpaired) electrons. The molecule has 0 aromatic heterocycles. The molecule has 0 fully saturated rings. The van der Waals surface area contributed by atoms with Crippen LogP contribution in [0.15, 0.2) is 65.8 Å². The van der Waals surface area contributed by atoms with Crippen molar-refractivity contribution in [1.29, 1.82) is 0 Å². The summed E-state index contributed by atoms with van der Waals surface area (Å²) < 4.78 is -1.78. The van der Waals surface area contributed by atoms with Crippen LogP contribution in [-0.4, -0.2) is 27.0 Å². The van der Waals surface area contributed by atoms with E-state index in [4.69, 9.17) is 34.8 Å². The Balaban J connectivity index is 1.75. The molecule has 3 nitrogen and oxygen atoms in total. The van der Waals surface area contributed by atoms with E-state index in [1.54, 1.807) is 6.08 Å². The van der Waals surface area contributed by atoms with Crippen molar-refractivity contribution in [1.82, 2.24) is 5.01 Å². The van der Waals surface area contributed by atoms with Crippen molar-refractivity contribution >= 4 is 65.0 Å². The van der Waals surface area contributed by atoms with Gasteiger partial charge in [0.25, 0.3) is 3.92 Å². The standard InChI is InChI=1S/C20H15Cl3N2O/c21-20(22,23)25-18(19(26)14-24-25)12-11-17-8-4-7-16(13-17)10-9-15-5-2-1-3-6-15/h1-14,18H. The van der Waals surface area contributed by atoms with Crippen molar-refractivity contribution in [2.75, 3.05) is 0 Å². The first-order valence-corrected chi connectivity index (χ1v) is 9.02. The van der Waals surface area contributed by atoms with Gasteiger partial charge in [0.15, 0.2) is 0 Å². The van der Waals surface area contributed by atoms with Gasteiger partial charge in [-0.15, -0.1) is 0 Å². The lowest BCUT2D eigenvalue weighted by Crippen LogP contribution is -2.38. The van der Waals surface area contributed by atoms with Crippen LogP contribution in [0.5, 0.6) is 0 Å². The molecule has 3 rings (SSSR count). The Morgan fingerprint density at radius 2 is 1.50 bits per heavy atom. The maximum Gasteiger partial charge on any atom is 0.283 e. The van der Waals surface area contributed by atoms with Gasteiger partial charge >= 0.3 is 0 Å². The SMILES string of the molecule is O=C1C=NN(C(Cl)(Cl)Cl)C1C=Cc1cccc(C=Cc2ccccc2)c1. The lowest BCUT2D eigenvalue weighted by Gasteiger charge is -2.26.